The predicted molar refractivity (Wildman–Crippen MR) is 157 cm³/mol. The second-order valence-corrected chi connectivity index (χ2v) is 14.4. The molecule has 7 aliphatic carbocycles. The zero-order valence-corrected chi connectivity index (χ0v) is 25.0. The lowest BCUT2D eigenvalue weighted by atomic mass is 9.54. The van der Waals surface area contributed by atoms with E-state index in [1.807, 2.05) is 0 Å². The number of benzene rings is 1. The molecule has 10 nitrogen and oxygen atoms in total. The summed E-state index contributed by atoms with van der Waals surface area (Å²) in [6, 6.07) is 0.794. The van der Waals surface area contributed by atoms with Crippen molar-refractivity contribution in [1.82, 2.24) is 10.2 Å². The van der Waals surface area contributed by atoms with Crippen molar-refractivity contribution in [3.63, 3.8) is 0 Å². The van der Waals surface area contributed by atoms with Crippen molar-refractivity contribution < 1.29 is 34.8 Å². The van der Waals surface area contributed by atoms with Gasteiger partial charge < -0.3 is 31.5 Å². The summed E-state index contributed by atoms with van der Waals surface area (Å²) in [6.45, 7) is 0.460. The van der Waals surface area contributed by atoms with E-state index in [9.17, 15) is 34.8 Å². The number of carbonyl (C=O) groups is 3. The Morgan fingerprint density at radius 1 is 1.07 bits per heavy atom. The van der Waals surface area contributed by atoms with E-state index in [0.717, 1.165) is 11.8 Å². The van der Waals surface area contributed by atoms with Crippen LogP contribution in [0.5, 0.6) is 5.75 Å². The number of aliphatic hydroxyl groups is 3. The molecule has 11 heteroatoms. The number of nitrogens with one attached hydrogen (secondary N) is 1. The summed E-state index contributed by atoms with van der Waals surface area (Å²) < 4.78 is 0. The Morgan fingerprint density at radius 3 is 2.28 bits per heavy atom. The van der Waals surface area contributed by atoms with E-state index in [4.69, 9.17) is 17.3 Å². The van der Waals surface area contributed by atoms with E-state index < -0.39 is 58.0 Å². The topological polar surface area (TPSA) is 173 Å². The van der Waals surface area contributed by atoms with E-state index >= 15 is 0 Å². The number of nitrogens with zero attached hydrogens (tertiary/aromatic N) is 1. The van der Waals surface area contributed by atoms with Crippen molar-refractivity contribution in [3.05, 3.63) is 44.7 Å². The molecular formula is C32H38ClN3O7. The van der Waals surface area contributed by atoms with Crippen LogP contribution >= 0.6 is 11.6 Å². The molecule has 1 unspecified atom stereocenters. The first-order valence-corrected chi connectivity index (χ1v) is 15.6. The number of hydrogen-bond donors (Lipinski definition) is 6. The van der Waals surface area contributed by atoms with Crippen molar-refractivity contribution in [2.75, 3.05) is 14.1 Å². The maximum Gasteiger partial charge on any atom is 0.255 e. The monoisotopic (exact) mass is 611 g/mol. The van der Waals surface area contributed by atoms with Gasteiger partial charge >= 0.3 is 0 Å². The van der Waals surface area contributed by atoms with Crippen molar-refractivity contribution in [3.8, 4) is 5.75 Å². The van der Waals surface area contributed by atoms with Gasteiger partial charge in [0.05, 0.1) is 11.6 Å². The third kappa shape index (κ3) is 3.99. The number of nitrogens with two attached hydrogens (primary N) is 1. The van der Waals surface area contributed by atoms with Gasteiger partial charge in [-0.2, -0.15) is 0 Å². The molecule has 0 saturated heterocycles. The minimum Gasteiger partial charge on any atom is -0.508 e. The van der Waals surface area contributed by atoms with Crippen molar-refractivity contribution >= 4 is 34.8 Å². The Morgan fingerprint density at radius 2 is 1.70 bits per heavy atom. The average molecular weight is 612 g/mol. The fourth-order valence-corrected chi connectivity index (χ4v) is 10.3. The number of rotatable bonds is 5. The summed E-state index contributed by atoms with van der Waals surface area (Å²) in [4.78, 5) is 40.9. The molecule has 1 aromatic rings. The number of halogens is 1. The van der Waals surface area contributed by atoms with E-state index in [1.165, 1.54) is 43.1 Å². The molecule has 43 heavy (non-hydrogen) atoms. The molecule has 4 atom stereocenters. The highest BCUT2D eigenvalue weighted by molar-refractivity contribution is 6.32. The fraction of sp³-hybridized carbons (Fsp3) is 0.594. The molecule has 5 saturated carbocycles. The number of primary amides is 1. The Labute approximate surface area is 254 Å². The Balaban J connectivity index is 1.25. The second kappa shape index (κ2) is 9.79. The first-order chi connectivity index (χ1) is 20.3. The summed E-state index contributed by atoms with van der Waals surface area (Å²) in [5, 5.41) is 49.4. The fourth-order valence-electron chi connectivity index (χ4n) is 9.96. The number of aromatic hydroxyl groups is 1. The Hall–Kier alpha value is -2.92. The standard InChI is InChI=1S/C32H38ClN3O7/c1-36(2)26-19-9-14-8-18-22(27(38)21(14)29(40)32(19,43)30(41)23(28(26)39)31(34)42)20(37)10-17(24(18)33)11-35-25-15-4-12-3-13(6-15)7-16(25)5-12/h10,12-16,19,25-26,35,37-38,41,43H,3-9,11H2,1-2H3,(H2,34,42)/t12?,13?,14-,15?,16?,19-,25?,26-,32?/m0/s1. The quantitative estimate of drug-likeness (QED) is 0.273. The number of aliphatic hydroxyl groups excluding tert-OH is 2. The smallest absolute Gasteiger partial charge is 0.255 e. The van der Waals surface area contributed by atoms with E-state index in [2.05, 4.69) is 5.32 Å². The van der Waals surface area contributed by atoms with Crippen molar-refractivity contribution in [2.24, 2.45) is 41.2 Å². The third-order valence-electron chi connectivity index (χ3n) is 11.5. The van der Waals surface area contributed by atoms with Crippen LogP contribution in [0.25, 0.3) is 5.76 Å². The van der Waals surface area contributed by atoms with Gasteiger partial charge in [-0.3, -0.25) is 19.3 Å². The van der Waals surface area contributed by atoms with E-state index in [0.29, 0.717) is 40.6 Å². The van der Waals surface area contributed by atoms with Crippen LogP contribution in [0.2, 0.25) is 5.02 Å². The third-order valence-corrected chi connectivity index (χ3v) is 12.0. The number of amides is 1. The van der Waals surface area contributed by atoms with Crippen LogP contribution in [0.15, 0.2) is 23.0 Å². The molecule has 0 aliphatic heterocycles. The predicted octanol–water partition coefficient (Wildman–Crippen LogP) is 2.53. The number of carbonyl (C=O) groups excluding carboxylic acids is 3. The minimum absolute atomic E-state index is 0.0136. The zero-order chi connectivity index (χ0) is 30.7. The molecular weight excluding hydrogens is 574 g/mol. The van der Waals surface area contributed by atoms with Crippen LogP contribution in [-0.4, -0.2) is 74.6 Å². The second-order valence-electron chi connectivity index (χ2n) is 14.0. The lowest BCUT2D eigenvalue weighted by Crippen LogP contribution is -2.65. The molecule has 0 radical (unpaired) electrons. The Kier molecular flexibility index (Phi) is 6.56. The largest absolute Gasteiger partial charge is 0.508 e. The number of phenolic OH excluding ortho intramolecular Hbond substituents is 1. The maximum absolute atomic E-state index is 14.0. The molecule has 7 aliphatic rings. The van der Waals surface area contributed by atoms with Crippen LogP contribution in [0.3, 0.4) is 0 Å². The number of Topliss-reactive ketones (excluding diaryl/α,β-unsaturated/α-hetero) is 2. The first-order valence-electron chi connectivity index (χ1n) is 15.2. The van der Waals surface area contributed by atoms with Gasteiger partial charge in [0.25, 0.3) is 5.91 Å². The lowest BCUT2D eigenvalue weighted by Gasteiger charge is -2.54. The molecule has 4 bridgehead atoms. The van der Waals surface area contributed by atoms with Gasteiger partial charge in [-0.15, -0.1) is 0 Å². The van der Waals surface area contributed by atoms with Gasteiger partial charge in [0.2, 0.25) is 5.78 Å². The van der Waals surface area contributed by atoms with Gasteiger partial charge in [0.15, 0.2) is 11.4 Å². The van der Waals surface area contributed by atoms with Crippen molar-refractivity contribution in [2.45, 2.75) is 69.2 Å². The molecule has 8 rings (SSSR count). The number of hydrogen-bond acceptors (Lipinski definition) is 9. The first kappa shape index (κ1) is 28.8. The van der Waals surface area contributed by atoms with Crippen LogP contribution in [0.1, 0.15) is 55.2 Å². The Bertz CT molecular complexity index is 1500. The summed E-state index contributed by atoms with van der Waals surface area (Å²) >= 11 is 6.96. The number of phenols is 1. The van der Waals surface area contributed by atoms with Crippen LogP contribution in [0.4, 0.5) is 0 Å². The molecule has 5 fully saturated rings. The molecule has 0 aromatic heterocycles. The van der Waals surface area contributed by atoms with E-state index in [1.54, 1.807) is 14.1 Å². The molecule has 1 amide bonds. The summed E-state index contributed by atoms with van der Waals surface area (Å²) in [5.41, 5.74) is 2.92. The average Bonchev–Trinajstić information content (AvgIpc) is 2.92. The number of ketones is 2. The molecule has 230 valence electrons. The highest BCUT2D eigenvalue weighted by atomic mass is 35.5. The van der Waals surface area contributed by atoms with Crippen molar-refractivity contribution in [1.29, 1.82) is 0 Å². The summed E-state index contributed by atoms with van der Waals surface area (Å²) in [7, 11) is 3.15. The number of fused-ring (bicyclic) bond motifs is 3. The molecule has 0 spiro atoms. The van der Waals surface area contributed by atoms with Gasteiger partial charge in [-0.25, -0.2) is 0 Å². The van der Waals surface area contributed by atoms with Crippen LogP contribution < -0.4 is 11.1 Å². The molecule has 7 N–H and O–H groups in total. The summed E-state index contributed by atoms with van der Waals surface area (Å²) in [5.74, 6) is -3.71. The SMILES string of the molecule is CN(C)[C@@H]1C(=O)C(C(N)=O)=C(O)C2(O)C(=O)C3=C(O)c4c(O)cc(CNC5C6CC7CC(C6)CC5C7)c(Cl)c4C[C@H]3C[C@@H]12. The normalized spacial score (nSPS) is 38.0. The van der Waals surface area contributed by atoms with Gasteiger partial charge in [-0.05, 0) is 106 Å². The minimum atomic E-state index is -2.66. The summed E-state index contributed by atoms with van der Waals surface area (Å²) in [6.07, 6.45) is 6.63. The van der Waals surface area contributed by atoms with Crippen LogP contribution in [0, 0.1) is 35.5 Å². The highest BCUT2D eigenvalue weighted by Gasteiger charge is 2.64. The number of likely N-dealkylation sites (N-methyl/N-ethyl adjacent to an activating group) is 1. The zero-order valence-electron chi connectivity index (χ0n) is 24.3. The van der Waals surface area contributed by atoms with Gasteiger partial charge in [0, 0.05) is 29.1 Å². The molecule has 0 heterocycles. The van der Waals surface area contributed by atoms with E-state index in [-0.39, 0.29) is 29.7 Å². The lowest BCUT2D eigenvalue weighted by molar-refractivity contribution is -0.153. The maximum atomic E-state index is 14.0. The van der Waals surface area contributed by atoms with Crippen LogP contribution in [-0.2, 0) is 27.3 Å². The van der Waals surface area contributed by atoms with Gasteiger partial charge in [-0.1, -0.05) is 11.6 Å². The highest BCUT2D eigenvalue weighted by Crippen LogP contribution is 2.55. The van der Waals surface area contributed by atoms with Gasteiger partial charge in [0.1, 0.15) is 22.8 Å². The molecule has 1 aromatic carbocycles.